The highest BCUT2D eigenvalue weighted by Crippen LogP contribution is 2.50. The highest BCUT2D eigenvalue weighted by atomic mass is 16.6. The van der Waals surface area contributed by atoms with Crippen molar-refractivity contribution in [3.8, 4) is 0 Å². The van der Waals surface area contributed by atoms with Crippen LogP contribution in [0.1, 0.15) is 52.4 Å². The van der Waals surface area contributed by atoms with Gasteiger partial charge in [-0.3, -0.25) is 4.90 Å². The van der Waals surface area contributed by atoms with Crippen molar-refractivity contribution in [2.45, 2.75) is 63.8 Å². The number of ether oxygens (including phenoxy) is 2. The van der Waals surface area contributed by atoms with E-state index in [4.69, 9.17) is 9.47 Å². The number of rotatable bonds is 2. The lowest BCUT2D eigenvalue weighted by Crippen LogP contribution is -2.61. The van der Waals surface area contributed by atoms with E-state index >= 15 is 0 Å². The Morgan fingerprint density at radius 1 is 1.27 bits per heavy atom. The van der Waals surface area contributed by atoms with Gasteiger partial charge in [0.05, 0.1) is 12.8 Å². The van der Waals surface area contributed by atoms with E-state index < -0.39 is 5.60 Å². The molecule has 3 rings (SSSR count). The first-order valence-corrected chi connectivity index (χ1v) is 8.59. The standard InChI is InChI=1S/C17H28N2O3/c1-4-16(2)14(13-15(20)21-3)19-12-8-11-18-10-7-5-6-9-17(18,19)22-16/h13H,4-12H2,1-3H3. The third kappa shape index (κ3) is 2.35. The van der Waals surface area contributed by atoms with Crippen LogP contribution in [0.3, 0.4) is 0 Å². The molecule has 0 aromatic heterocycles. The van der Waals surface area contributed by atoms with E-state index in [0.717, 1.165) is 44.6 Å². The molecule has 2 unspecified atom stereocenters. The van der Waals surface area contributed by atoms with Gasteiger partial charge in [0.2, 0.25) is 5.85 Å². The minimum Gasteiger partial charge on any atom is -0.466 e. The predicted molar refractivity (Wildman–Crippen MR) is 84.0 cm³/mol. The number of nitrogens with zero attached hydrogens (tertiary/aromatic N) is 2. The zero-order chi connectivity index (χ0) is 15.8. The number of esters is 1. The normalized spacial score (nSPS) is 37.6. The number of carbonyl (C=O) groups is 1. The molecule has 3 aliphatic rings. The first kappa shape index (κ1) is 15.8. The van der Waals surface area contributed by atoms with Crippen LogP contribution in [0.5, 0.6) is 0 Å². The van der Waals surface area contributed by atoms with Crippen LogP contribution in [0.25, 0.3) is 0 Å². The molecule has 3 saturated heterocycles. The highest BCUT2D eigenvalue weighted by Gasteiger charge is 2.58. The summed E-state index contributed by atoms with van der Waals surface area (Å²) in [5.74, 6) is -0.639. The topological polar surface area (TPSA) is 42.0 Å². The molecule has 2 atom stereocenters. The molecule has 124 valence electrons. The summed E-state index contributed by atoms with van der Waals surface area (Å²) < 4.78 is 11.6. The SMILES string of the molecule is CCC1(C)OC23CCCCCN2CCCN3C1=CC(=O)OC. The Hall–Kier alpha value is -1.07. The van der Waals surface area contributed by atoms with E-state index in [0.29, 0.717) is 0 Å². The summed E-state index contributed by atoms with van der Waals surface area (Å²) in [6.45, 7) is 7.36. The van der Waals surface area contributed by atoms with Gasteiger partial charge >= 0.3 is 5.97 Å². The van der Waals surface area contributed by atoms with E-state index in [1.54, 1.807) is 6.08 Å². The smallest absolute Gasteiger partial charge is 0.332 e. The fraction of sp³-hybridized carbons (Fsp3) is 0.824. The van der Waals surface area contributed by atoms with Crippen molar-refractivity contribution in [3.05, 3.63) is 11.8 Å². The Labute approximate surface area is 133 Å². The average molecular weight is 308 g/mol. The molecule has 0 aliphatic carbocycles. The molecule has 3 fully saturated rings. The number of hydrogen-bond donors (Lipinski definition) is 0. The fourth-order valence-electron chi connectivity index (χ4n) is 4.19. The monoisotopic (exact) mass is 308 g/mol. The van der Waals surface area contributed by atoms with Crippen LogP contribution < -0.4 is 0 Å². The van der Waals surface area contributed by atoms with Gasteiger partial charge in [0.1, 0.15) is 5.60 Å². The maximum Gasteiger partial charge on any atom is 0.332 e. The van der Waals surface area contributed by atoms with Gasteiger partial charge in [0, 0.05) is 32.1 Å². The molecule has 5 heteroatoms. The summed E-state index contributed by atoms with van der Waals surface area (Å²) >= 11 is 0. The lowest BCUT2D eigenvalue weighted by molar-refractivity contribution is -0.241. The molecule has 0 N–H and O–H groups in total. The molecule has 1 spiro atoms. The molecule has 0 aromatic carbocycles. The summed E-state index contributed by atoms with van der Waals surface area (Å²) in [6, 6.07) is 0. The number of hydrogen-bond acceptors (Lipinski definition) is 5. The van der Waals surface area contributed by atoms with E-state index in [-0.39, 0.29) is 11.8 Å². The molecular formula is C17H28N2O3. The zero-order valence-electron chi connectivity index (χ0n) is 14.1. The predicted octanol–water partition coefficient (Wildman–Crippen LogP) is 2.48. The molecule has 5 nitrogen and oxygen atoms in total. The first-order chi connectivity index (χ1) is 10.6. The summed E-state index contributed by atoms with van der Waals surface area (Å²) in [5, 5.41) is 0. The van der Waals surface area contributed by atoms with Crippen molar-refractivity contribution < 1.29 is 14.3 Å². The molecule has 0 saturated carbocycles. The number of carbonyl (C=O) groups excluding carboxylic acids is 1. The molecule has 0 radical (unpaired) electrons. The van der Waals surface area contributed by atoms with Gasteiger partial charge < -0.3 is 14.4 Å². The van der Waals surface area contributed by atoms with Crippen LogP contribution in [-0.2, 0) is 14.3 Å². The average Bonchev–Trinajstić information content (AvgIpc) is 2.65. The minimum atomic E-state index is -0.416. The fourth-order valence-corrected chi connectivity index (χ4v) is 4.19. The Balaban J connectivity index is 2.04. The van der Waals surface area contributed by atoms with Crippen molar-refractivity contribution in [1.29, 1.82) is 0 Å². The van der Waals surface area contributed by atoms with E-state index in [1.807, 2.05) is 0 Å². The Morgan fingerprint density at radius 2 is 2.05 bits per heavy atom. The Morgan fingerprint density at radius 3 is 2.77 bits per heavy atom. The zero-order valence-corrected chi connectivity index (χ0v) is 14.1. The van der Waals surface area contributed by atoms with Crippen LogP contribution in [0.15, 0.2) is 11.8 Å². The van der Waals surface area contributed by atoms with Gasteiger partial charge in [0.25, 0.3) is 0 Å². The second kappa shape index (κ2) is 5.85. The first-order valence-electron chi connectivity index (χ1n) is 8.59. The van der Waals surface area contributed by atoms with E-state index in [2.05, 4.69) is 23.6 Å². The van der Waals surface area contributed by atoms with Crippen LogP contribution in [-0.4, -0.2) is 54.0 Å². The molecule has 0 bridgehead atoms. The summed E-state index contributed by atoms with van der Waals surface area (Å²) in [4.78, 5) is 16.7. The molecule has 0 amide bonds. The maximum absolute atomic E-state index is 11.9. The van der Waals surface area contributed by atoms with Crippen LogP contribution in [0.2, 0.25) is 0 Å². The van der Waals surface area contributed by atoms with Crippen LogP contribution in [0, 0.1) is 0 Å². The molecule has 3 heterocycles. The Kier molecular flexibility index (Phi) is 4.21. The van der Waals surface area contributed by atoms with Gasteiger partial charge in [-0.2, -0.15) is 0 Å². The maximum atomic E-state index is 11.9. The van der Waals surface area contributed by atoms with Crippen molar-refractivity contribution in [3.63, 3.8) is 0 Å². The molecule has 3 aliphatic heterocycles. The van der Waals surface area contributed by atoms with Crippen molar-refractivity contribution in [2.75, 3.05) is 26.7 Å². The van der Waals surface area contributed by atoms with Crippen LogP contribution >= 0.6 is 0 Å². The Bertz CT molecular complexity index is 479. The van der Waals surface area contributed by atoms with Crippen molar-refractivity contribution in [2.24, 2.45) is 0 Å². The van der Waals surface area contributed by atoms with Crippen LogP contribution in [0.4, 0.5) is 0 Å². The van der Waals surface area contributed by atoms with Gasteiger partial charge in [-0.1, -0.05) is 13.3 Å². The minimum absolute atomic E-state index is 0.291. The lowest BCUT2D eigenvalue weighted by atomic mass is 9.98. The van der Waals surface area contributed by atoms with Gasteiger partial charge in [-0.05, 0) is 32.6 Å². The summed E-state index contributed by atoms with van der Waals surface area (Å²) in [6.07, 6.45) is 8.30. The highest BCUT2D eigenvalue weighted by molar-refractivity contribution is 5.83. The number of methoxy groups -OCH3 is 1. The third-order valence-corrected chi connectivity index (χ3v) is 5.51. The van der Waals surface area contributed by atoms with Crippen molar-refractivity contribution >= 4 is 5.97 Å². The summed E-state index contributed by atoms with van der Waals surface area (Å²) in [7, 11) is 1.43. The van der Waals surface area contributed by atoms with E-state index in [1.165, 1.54) is 26.4 Å². The summed E-state index contributed by atoms with van der Waals surface area (Å²) in [5.41, 5.74) is 0.578. The molecular weight excluding hydrogens is 280 g/mol. The van der Waals surface area contributed by atoms with Gasteiger partial charge in [0.15, 0.2) is 0 Å². The van der Waals surface area contributed by atoms with Gasteiger partial charge in [-0.15, -0.1) is 0 Å². The van der Waals surface area contributed by atoms with Crippen molar-refractivity contribution in [1.82, 2.24) is 9.80 Å². The lowest BCUT2D eigenvalue weighted by Gasteiger charge is -2.49. The third-order valence-electron chi connectivity index (χ3n) is 5.51. The second-order valence-corrected chi connectivity index (χ2v) is 6.79. The quantitative estimate of drug-likeness (QED) is 0.579. The van der Waals surface area contributed by atoms with E-state index in [9.17, 15) is 4.79 Å². The second-order valence-electron chi connectivity index (χ2n) is 6.79. The van der Waals surface area contributed by atoms with Gasteiger partial charge in [-0.25, -0.2) is 4.79 Å². The molecule has 22 heavy (non-hydrogen) atoms. The largest absolute Gasteiger partial charge is 0.466 e. The molecule has 0 aromatic rings.